The van der Waals surface area contributed by atoms with Crippen LogP contribution >= 0.6 is 11.6 Å². The summed E-state index contributed by atoms with van der Waals surface area (Å²) in [7, 11) is 0. The fraction of sp³-hybridized carbons (Fsp3) is 0.364. The van der Waals surface area contributed by atoms with Gasteiger partial charge < -0.3 is 10.4 Å². The first-order chi connectivity index (χ1) is 7.00. The van der Waals surface area contributed by atoms with Gasteiger partial charge in [-0.05, 0) is 38.0 Å². The molecule has 0 saturated heterocycles. The van der Waals surface area contributed by atoms with Crippen LogP contribution in [0, 0.1) is 0 Å². The minimum atomic E-state index is -0.226. The Morgan fingerprint density at radius 3 is 2.80 bits per heavy atom. The molecule has 1 aliphatic carbocycles. The standard InChI is InChI=1S/C11H12ClNO2/c1-11(4-5-11)13-10(15)8-6-7(14)2-3-9(8)12/h2-3,6,14H,4-5H2,1H3,(H,13,15). The number of hydrogen-bond acceptors (Lipinski definition) is 2. The van der Waals surface area contributed by atoms with E-state index in [1.807, 2.05) is 6.92 Å². The van der Waals surface area contributed by atoms with Gasteiger partial charge in [0.2, 0.25) is 0 Å². The van der Waals surface area contributed by atoms with Crippen molar-refractivity contribution in [3.63, 3.8) is 0 Å². The second-order valence-electron chi connectivity index (χ2n) is 4.18. The van der Waals surface area contributed by atoms with Crippen LogP contribution < -0.4 is 5.32 Å². The van der Waals surface area contributed by atoms with Crippen molar-refractivity contribution in [2.24, 2.45) is 0 Å². The number of hydrogen-bond donors (Lipinski definition) is 2. The Hall–Kier alpha value is -1.22. The van der Waals surface area contributed by atoms with E-state index in [-0.39, 0.29) is 17.2 Å². The van der Waals surface area contributed by atoms with Crippen molar-refractivity contribution in [1.29, 1.82) is 0 Å². The number of rotatable bonds is 2. The topological polar surface area (TPSA) is 49.3 Å². The molecule has 0 spiro atoms. The van der Waals surface area contributed by atoms with Crippen LogP contribution in [0.4, 0.5) is 0 Å². The molecule has 0 atom stereocenters. The summed E-state index contributed by atoms with van der Waals surface area (Å²) in [6, 6.07) is 4.35. The molecule has 1 aliphatic rings. The van der Waals surface area contributed by atoms with Gasteiger partial charge in [-0.25, -0.2) is 0 Å². The highest BCUT2D eigenvalue weighted by Crippen LogP contribution is 2.35. The molecule has 1 amide bonds. The highest BCUT2D eigenvalue weighted by Gasteiger charge is 2.39. The molecule has 0 radical (unpaired) electrons. The molecule has 0 aliphatic heterocycles. The molecular weight excluding hydrogens is 214 g/mol. The first-order valence-corrected chi connectivity index (χ1v) is 5.19. The normalized spacial score (nSPS) is 17.2. The summed E-state index contributed by atoms with van der Waals surface area (Å²) in [6.07, 6.45) is 1.99. The Morgan fingerprint density at radius 2 is 2.20 bits per heavy atom. The molecule has 0 bridgehead atoms. The lowest BCUT2D eigenvalue weighted by Crippen LogP contribution is -2.34. The van der Waals surface area contributed by atoms with E-state index in [0.717, 1.165) is 12.8 Å². The van der Waals surface area contributed by atoms with Crippen LogP contribution in [-0.2, 0) is 0 Å². The van der Waals surface area contributed by atoms with Gasteiger partial charge in [-0.1, -0.05) is 11.6 Å². The van der Waals surface area contributed by atoms with E-state index in [9.17, 15) is 9.90 Å². The molecule has 2 rings (SSSR count). The minimum Gasteiger partial charge on any atom is -0.508 e. The lowest BCUT2D eigenvalue weighted by molar-refractivity contribution is 0.0935. The van der Waals surface area contributed by atoms with Gasteiger partial charge in [0.1, 0.15) is 5.75 Å². The van der Waals surface area contributed by atoms with Crippen molar-refractivity contribution in [3.05, 3.63) is 28.8 Å². The van der Waals surface area contributed by atoms with E-state index >= 15 is 0 Å². The Labute approximate surface area is 93.1 Å². The Kier molecular flexibility index (Phi) is 2.35. The van der Waals surface area contributed by atoms with Crippen molar-refractivity contribution in [2.75, 3.05) is 0 Å². The number of nitrogens with one attached hydrogen (secondary N) is 1. The van der Waals surface area contributed by atoms with Crippen LogP contribution in [0.25, 0.3) is 0 Å². The molecule has 2 N–H and O–H groups in total. The minimum absolute atomic E-state index is 0.0468. The van der Waals surface area contributed by atoms with Crippen LogP contribution in [0.15, 0.2) is 18.2 Å². The number of amides is 1. The second-order valence-corrected chi connectivity index (χ2v) is 4.59. The highest BCUT2D eigenvalue weighted by molar-refractivity contribution is 6.33. The van der Waals surface area contributed by atoms with Gasteiger partial charge >= 0.3 is 0 Å². The number of phenolic OH excluding ortho intramolecular Hbond substituents is 1. The summed E-state index contributed by atoms with van der Waals surface area (Å²) in [5.41, 5.74) is 0.246. The average Bonchev–Trinajstić information content (AvgIpc) is 2.87. The molecular formula is C11H12ClNO2. The molecule has 15 heavy (non-hydrogen) atoms. The summed E-state index contributed by atoms with van der Waals surface area (Å²) in [4.78, 5) is 11.8. The molecule has 4 heteroatoms. The Bertz CT molecular complexity index is 413. The SMILES string of the molecule is CC1(NC(=O)c2cc(O)ccc2Cl)CC1. The van der Waals surface area contributed by atoms with Crippen LogP contribution in [0.1, 0.15) is 30.1 Å². The van der Waals surface area contributed by atoms with Gasteiger partial charge in [-0.2, -0.15) is 0 Å². The van der Waals surface area contributed by atoms with Gasteiger partial charge in [0.25, 0.3) is 5.91 Å². The van der Waals surface area contributed by atoms with Crippen molar-refractivity contribution in [2.45, 2.75) is 25.3 Å². The lowest BCUT2D eigenvalue weighted by atomic mass is 10.2. The first-order valence-electron chi connectivity index (χ1n) is 4.81. The molecule has 0 heterocycles. The van der Waals surface area contributed by atoms with Crippen LogP contribution in [0.2, 0.25) is 5.02 Å². The Balaban J connectivity index is 2.21. The van der Waals surface area contributed by atoms with E-state index < -0.39 is 0 Å². The molecule has 0 aromatic heterocycles. The van der Waals surface area contributed by atoms with Gasteiger partial charge in [0, 0.05) is 5.54 Å². The smallest absolute Gasteiger partial charge is 0.253 e. The lowest BCUT2D eigenvalue weighted by Gasteiger charge is -2.12. The summed E-state index contributed by atoms with van der Waals surface area (Å²) >= 11 is 5.87. The third kappa shape index (κ3) is 2.23. The highest BCUT2D eigenvalue weighted by atomic mass is 35.5. The molecule has 1 aromatic carbocycles. The van der Waals surface area contributed by atoms with Gasteiger partial charge in [-0.15, -0.1) is 0 Å². The fourth-order valence-electron chi connectivity index (χ4n) is 1.34. The van der Waals surface area contributed by atoms with Gasteiger partial charge in [0.05, 0.1) is 10.6 Å². The number of aromatic hydroxyl groups is 1. The van der Waals surface area contributed by atoms with Crippen molar-refractivity contribution in [1.82, 2.24) is 5.32 Å². The summed E-state index contributed by atoms with van der Waals surface area (Å²) in [5, 5.41) is 12.5. The quantitative estimate of drug-likeness (QED) is 0.812. The fourth-order valence-corrected chi connectivity index (χ4v) is 1.54. The molecule has 1 saturated carbocycles. The largest absolute Gasteiger partial charge is 0.508 e. The predicted octanol–water partition coefficient (Wildman–Crippen LogP) is 2.33. The summed E-state index contributed by atoms with van der Waals surface area (Å²) in [5.74, 6) is -0.179. The van der Waals surface area contributed by atoms with Crippen molar-refractivity contribution < 1.29 is 9.90 Å². The number of carbonyl (C=O) groups excluding carboxylic acids is 1. The monoisotopic (exact) mass is 225 g/mol. The van der Waals surface area contributed by atoms with Crippen LogP contribution in [0.3, 0.4) is 0 Å². The molecule has 80 valence electrons. The second kappa shape index (κ2) is 3.42. The summed E-state index contributed by atoms with van der Waals surface area (Å²) < 4.78 is 0. The number of halogens is 1. The van der Waals surface area contributed by atoms with Crippen LogP contribution in [0.5, 0.6) is 5.75 Å². The Morgan fingerprint density at radius 1 is 1.53 bits per heavy atom. The maximum atomic E-state index is 11.8. The molecule has 1 aromatic rings. The van der Waals surface area contributed by atoms with Crippen molar-refractivity contribution >= 4 is 17.5 Å². The summed E-state index contributed by atoms with van der Waals surface area (Å²) in [6.45, 7) is 1.99. The zero-order valence-electron chi connectivity index (χ0n) is 8.38. The first kappa shape index (κ1) is 10.3. The average molecular weight is 226 g/mol. The molecule has 0 unspecified atom stereocenters. The van der Waals surface area contributed by atoms with E-state index in [0.29, 0.717) is 10.6 Å². The van der Waals surface area contributed by atoms with E-state index in [2.05, 4.69) is 5.32 Å². The molecule has 1 fully saturated rings. The number of benzene rings is 1. The number of carbonyl (C=O) groups is 1. The maximum Gasteiger partial charge on any atom is 0.253 e. The third-order valence-electron chi connectivity index (χ3n) is 2.61. The van der Waals surface area contributed by atoms with Crippen LogP contribution in [-0.4, -0.2) is 16.6 Å². The number of phenols is 1. The van der Waals surface area contributed by atoms with E-state index in [1.165, 1.54) is 18.2 Å². The molecule has 3 nitrogen and oxygen atoms in total. The predicted molar refractivity (Wildman–Crippen MR) is 58.2 cm³/mol. The zero-order chi connectivity index (χ0) is 11.1. The van der Waals surface area contributed by atoms with Gasteiger partial charge in [-0.3, -0.25) is 4.79 Å². The van der Waals surface area contributed by atoms with Gasteiger partial charge in [0.15, 0.2) is 0 Å². The third-order valence-corrected chi connectivity index (χ3v) is 2.94. The van der Waals surface area contributed by atoms with E-state index in [1.54, 1.807) is 0 Å². The van der Waals surface area contributed by atoms with E-state index in [4.69, 9.17) is 11.6 Å². The maximum absolute atomic E-state index is 11.8. The van der Waals surface area contributed by atoms with Crippen molar-refractivity contribution in [3.8, 4) is 5.75 Å². The zero-order valence-corrected chi connectivity index (χ0v) is 9.14.